The van der Waals surface area contributed by atoms with Crippen LogP contribution in [0.25, 0.3) is 0 Å². The average molecular weight is 302 g/mol. The summed E-state index contributed by atoms with van der Waals surface area (Å²) in [5, 5.41) is 3.40. The largest absolute Gasteiger partial charge is 0.573 e. The topological polar surface area (TPSA) is 47.3 Å². The molecule has 0 saturated heterocycles. The summed E-state index contributed by atoms with van der Waals surface area (Å²) >= 11 is 0. The van der Waals surface area contributed by atoms with E-state index in [4.69, 9.17) is 5.73 Å². The summed E-state index contributed by atoms with van der Waals surface area (Å²) in [6.07, 6.45) is 0.563. The van der Waals surface area contributed by atoms with Gasteiger partial charge in [-0.25, -0.2) is 0 Å². The van der Waals surface area contributed by atoms with Crippen molar-refractivity contribution < 1.29 is 17.9 Å². The van der Waals surface area contributed by atoms with Crippen molar-refractivity contribution in [1.82, 2.24) is 5.32 Å². The number of nitrogens with one attached hydrogen (secondary N) is 1. The van der Waals surface area contributed by atoms with E-state index in [1.165, 1.54) is 12.1 Å². The fourth-order valence-corrected chi connectivity index (χ4v) is 2.65. The molecule has 1 aromatic rings. The van der Waals surface area contributed by atoms with Gasteiger partial charge in [0.2, 0.25) is 0 Å². The van der Waals surface area contributed by atoms with Gasteiger partial charge in [-0.05, 0) is 43.4 Å². The molecule has 0 amide bonds. The Morgan fingerprint density at radius 1 is 1.19 bits per heavy atom. The van der Waals surface area contributed by atoms with E-state index in [1.807, 2.05) is 0 Å². The molecule has 0 radical (unpaired) electrons. The first-order chi connectivity index (χ1) is 9.92. The van der Waals surface area contributed by atoms with Crippen molar-refractivity contribution in [2.75, 3.05) is 0 Å². The van der Waals surface area contributed by atoms with E-state index in [1.54, 1.807) is 12.1 Å². The molecule has 2 atom stereocenters. The van der Waals surface area contributed by atoms with Crippen molar-refractivity contribution in [1.29, 1.82) is 0 Å². The van der Waals surface area contributed by atoms with E-state index in [2.05, 4.69) is 10.1 Å². The van der Waals surface area contributed by atoms with Crippen LogP contribution in [0.5, 0.6) is 5.75 Å². The van der Waals surface area contributed by atoms with E-state index in [9.17, 15) is 13.2 Å². The summed E-state index contributed by atoms with van der Waals surface area (Å²) < 4.78 is 40.5. The van der Waals surface area contributed by atoms with Crippen molar-refractivity contribution >= 4 is 0 Å². The Kier molecular flexibility index (Phi) is 5.47. The molecule has 0 spiro atoms. The number of rotatable bonds is 4. The zero-order valence-electron chi connectivity index (χ0n) is 11.8. The lowest BCUT2D eigenvalue weighted by molar-refractivity contribution is -0.274. The number of alkyl halides is 3. The van der Waals surface area contributed by atoms with Gasteiger partial charge in [-0.1, -0.05) is 18.6 Å². The second-order valence-electron chi connectivity index (χ2n) is 5.54. The Hall–Kier alpha value is -1.27. The highest BCUT2D eigenvalue weighted by molar-refractivity contribution is 5.28. The fourth-order valence-electron chi connectivity index (χ4n) is 2.65. The Balaban J connectivity index is 1.86. The summed E-state index contributed by atoms with van der Waals surface area (Å²) in [7, 11) is 0. The normalized spacial score (nSPS) is 23.6. The van der Waals surface area contributed by atoms with Gasteiger partial charge in [0.15, 0.2) is 0 Å². The molecule has 2 unspecified atom stereocenters. The third-order valence-electron chi connectivity index (χ3n) is 3.74. The summed E-state index contributed by atoms with van der Waals surface area (Å²) in [4.78, 5) is 0. The molecular weight excluding hydrogens is 281 g/mol. The first kappa shape index (κ1) is 16.1. The van der Waals surface area contributed by atoms with Gasteiger partial charge in [-0.3, -0.25) is 0 Å². The molecule has 0 aromatic heterocycles. The maximum absolute atomic E-state index is 12.2. The summed E-state index contributed by atoms with van der Waals surface area (Å²) in [5.41, 5.74) is 6.71. The predicted octanol–water partition coefficient (Wildman–Crippen LogP) is 3.33. The van der Waals surface area contributed by atoms with Crippen LogP contribution in [-0.2, 0) is 6.54 Å². The predicted molar refractivity (Wildman–Crippen MR) is 74.8 cm³/mol. The van der Waals surface area contributed by atoms with Crippen LogP contribution in [0.15, 0.2) is 24.3 Å². The number of ether oxygens (including phenoxy) is 1. The maximum atomic E-state index is 12.2. The highest BCUT2D eigenvalue weighted by Crippen LogP contribution is 2.23. The zero-order chi connectivity index (χ0) is 15.3. The second-order valence-corrected chi connectivity index (χ2v) is 5.54. The lowest BCUT2D eigenvalue weighted by Crippen LogP contribution is -2.28. The Morgan fingerprint density at radius 3 is 2.76 bits per heavy atom. The van der Waals surface area contributed by atoms with Crippen molar-refractivity contribution in [2.24, 2.45) is 5.73 Å². The molecule has 1 aromatic carbocycles. The molecule has 6 heteroatoms. The van der Waals surface area contributed by atoms with Crippen LogP contribution in [0.4, 0.5) is 13.2 Å². The van der Waals surface area contributed by atoms with E-state index in [0.717, 1.165) is 37.7 Å². The van der Waals surface area contributed by atoms with E-state index in [-0.39, 0.29) is 11.8 Å². The Labute approximate surface area is 122 Å². The molecule has 3 nitrogen and oxygen atoms in total. The minimum Gasteiger partial charge on any atom is -0.406 e. The maximum Gasteiger partial charge on any atom is 0.573 e. The Bertz CT molecular complexity index is 451. The molecule has 1 aliphatic rings. The molecule has 0 bridgehead atoms. The smallest absolute Gasteiger partial charge is 0.406 e. The van der Waals surface area contributed by atoms with Crippen LogP contribution in [0.3, 0.4) is 0 Å². The Morgan fingerprint density at radius 2 is 2.00 bits per heavy atom. The van der Waals surface area contributed by atoms with Crippen molar-refractivity contribution in [3.05, 3.63) is 29.8 Å². The molecule has 3 N–H and O–H groups in total. The molecule has 0 heterocycles. The number of halogens is 3. The van der Waals surface area contributed by atoms with Crippen LogP contribution in [0.2, 0.25) is 0 Å². The average Bonchev–Trinajstić information content (AvgIpc) is 2.60. The van der Waals surface area contributed by atoms with Crippen LogP contribution in [0.1, 0.15) is 37.7 Å². The van der Waals surface area contributed by atoms with E-state index < -0.39 is 6.36 Å². The highest BCUT2D eigenvalue weighted by Gasteiger charge is 2.31. The number of nitrogens with two attached hydrogens (primary N) is 1. The van der Waals surface area contributed by atoms with Crippen LogP contribution >= 0.6 is 0 Å². The van der Waals surface area contributed by atoms with Gasteiger partial charge in [0.1, 0.15) is 5.75 Å². The molecule has 1 aliphatic carbocycles. The number of benzene rings is 1. The van der Waals surface area contributed by atoms with Crippen molar-refractivity contribution in [3.63, 3.8) is 0 Å². The molecule has 2 rings (SSSR count). The molecule has 118 valence electrons. The number of hydrogen-bond acceptors (Lipinski definition) is 3. The van der Waals surface area contributed by atoms with Crippen molar-refractivity contribution in [3.8, 4) is 5.75 Å². The fraction of sp³-hybridized carbons (Fsp3) is 0.600. The standard InChI is InChI=1S/C15H21F3N2O/c16-15(17,18)21-14-6-1-3-11(9-14)10-20-13-5-2-4-12(19)7-8-13/h1,3,6,9,12-13,20H,2,4-5,7-8,10,19H2. The molecular formula is C15H21F3N2O. The van der Waals surface area contributed by atoms with Gasteiger partial charge in [-0.2, -0.15) is 0 Å². The van der Waals surface area contributed by atoms with E-state index >= 15 is 0 Å². The van der Waals surface area contributed by atoms with Gasteiger partial charge in [0, 0.05) is 18.6 Å². The van der Waals surface area contributed by atoms with Crippen LogP contribution in [-0.4, -0.2) is 18.4 Å². The van der Waals surface area contributed by atoms with Gasteiger partial charge >= 0.3 is 6.36 Å². The van der Waals surface area contributed by atoms with Crippen LogP contribution in [0, 0.1) is 0 Å². The van der Waals surface area contributed by atoms with E-state index in [0.29, 0.717) is 12.6 Å². The highest BCUT2D eigenvalue weighted by atomic mass is 19.4. The number of hydrogen-bond donors (Lipinski definition) is 2. The van der Waals surface area contributed by atoms with Crippen molar-refractivity contribution in [2.45, 2.75) is 57.1 Å². The third-order valence-corrected chi connectivity index (χ3v) is 3.74. The van der Waals surface area contributed by atoms with Gasteiger partial charge in [0.25, 0.3) is 0 Å². The van der Waals surface area contributed by atoms with Crippen LogP contribution < -0.4 is 15.8 Å². The van der Waals surface area contributed by atoms with Gasteiger partial charge in [-0.15, -0.1) is 13.2 Å². The molecule has 21 heavy (non-hydrogen) atoms. The second kappa shape index (κ2) is 7.13. The lowest BCUT2D eigenvalue weighted by atomic mass is 10.1. The first-order valence-electron chi connectivity index (χ1n) is 7.26. The summed E-state index contributed by atoms with van der Waals surface area (Å²) in [6, 6.07) is 6.75. The minimum atomic E-state index is -4.65. The molecule has 1 saturated carbocycles. The summed E-state index contributed by atoms with van der Waals surface area (Å²) in [6.45, 7) is 0.537. The summed E-state index contributed by atoms with van der Waals surface area (Å²) in [5.74, 6) is -0.176. The molecule has 1 fully saturated rings. The lowest BCUT2D eigenvalue weighted by Gasteiger charge is -2.17. The third kappa shape index (κ3) is 5.93. The first-order valence-corrected chi connectivity index (χ1v) is 7.26. The SMILES string of the molecule is NC1CCCC(NCc2cccc(OC(F)(F)F)c2)CC1. The van der Waals surface area contributed by atoms with Gasteiger partial charge in [0.05, 0.1) is 0 Å². The zero-order valence-corrected chi connectivity index (χ0v) is 11.8. The van der Waals surface area contributed by atoms with Gasteiger partial charge < -0.3 is 15.8 Å². The quantitative estimate of drug-likeness (QED) is 0.839. The molecule has 0 aliphatic heterocycles. The minimum absolute atomic E-state index is 0.176. The monoisotopic (exact) mass is 302 g/mol.